The highest BCUT2D eigenvalue weighted by Gasteiger charge is 2.13. The predicted molar refractivity (Wildman–Crippen MR) is 98.2 cm³/mol. The molecule has 1 aromatic heterocycles. The van der Waals surface area contributed by atoms with Crippen molar-refractivity contribution in [3.05, 3.63) is 51.4 Å². The van der Waals surface area contributed by atoms with Gasteiger partial charge in [0, 0.05) is 23.4 Å². The molecule has 0 fully saturated rings. The van der Waals surface area contributed by atoms with Crippen LogP contribution < -0.4 is 5.32 Å². The number of nitrogens with zero attached hydrogens (tertiary/aromatic N) is 1. The maximum absolute atomic E-state index is 12.8. The Bertz CT molecular complexity index is 706. The van der Waals surface area contributed by atoms with Gasteiger partial charge in [0.25, 0.3) is 0 Å². The van der Waals surface area contributed by atoms with Crippen molar-refractivity contribution in [2.75, 3.05) is 24.7 Å². The summed E-state index contributed by atoms with van der Waals surface area (Å²) in [5.74, 6) is 0.169. The third-order valence-electron chi connectivity index (χ3n) is 3.03. The Balaban J connectivity index is 1.72. The van der Waals surface area contributed by atoms with Gasteiger partial charge in [0.1, 0.15) is 5.82 Å². The molecule has 0 saturated heterocycles. The molecule has 0 aliphatic heterocycles. The molecule has 2 amide bonds. The van der Waals surface area contributed by atoms with Crippen LogP contribution in [0.15, 0.2) is 36.4 Å². The van der Waals surface area contributed by atoms with Crippen LogP contribution in [0.3, 0.4) is 0 Å². The van der Waals surface area contributed by atoms with Gasteiger partial charge in [-0.25, -0.2) is 4.39 Å². The van der Waals surface area contributed by atoms with Gasteiger partial charge in [-0.3, -0.25) is 9.59 Å². The molecule has 0 aliphatic carbocycles. The number of carbonyl (C=O) groups is 2. The minimum atomic E-state index is -0.371. The van der Waals surface area contributed by atoms with E-state index in [1.54, 1.807) is 7.05 Å². The Labute approximate surface area is 153 Å². The number of likely N-dealkylation sites (N-methyl/N-ethyl adjacent to an activating group) is 1. The highest BCUT2D eigenvalue weighted by atomic mass is 35.5. The van der Waals surface area contributed by atoms with Crippen LogP contribution in [0.2, 0.25) is 4.34 Å². The summed E-state index contributed by atoms with van der Waals surface area (Å²) in [5, 5.41) is 2.62. The number of thioether (sulfide) groups is 1. The number of amides is 2. The zero-order valence-electron chi connectivity index (χ0n) is 12.9. The fraction of sp³-hybridized carbons (Fsp3) is 0.250. The summed E-state index contributed by atoms with van der Waals surface area (Å²) in [7, 11) is 1.58. The van der Waals surface area contributed by atoms with Gasteiger partial charge in [-0.2, -0.15) is 0 Å². The monoisotopic (exact) mass is 386 g/mol. The highest BCUT2D eigenvalue weighted by Crippen LogP contribution is 2.25. The van der Waals surface area contributed by atoms with Crippen LogP contribution in [0, 0.1) is 5.82 Å². The minimum absolute atomic E-state index is 0.0540. The lowest BCUT2D eigenvalue weighted by atomic mass is 10.3. The third-order valence-corrected chi connectivity index (χ3v) is 5.41. The van der Waals surface area contributed by atoms with Crippen LogP contribution in [0.1, 0.15) is 4.88 Å². The molecule has 0 unspecified atom stereocenters. The van der Waals surface area contributed by atoms with Crippen LogP contribution in [-0.2, 0) is 15.3 Å². The Kier molecular flexibility index (Phi) is 7.08. The molecule has 0 spiro atoms. The SMILES string of the molecule is CN(CC(=O)Nc1ccc(F)cc1)C(=O)CSCc1ccc(Cl)s1. The van der Waals surface area contributed by atoms with Crippen LogP contribution in [0.4, 0.5) is 10.1 Å². The van der Waals surface area contributed by atoms with E-state index in [1.807, 2.05) is 12.1 Å². The fourth-order valence-electron chi connectivity index (χ4n) is 1.82. The fourth-order valence-corrected chi connectivity index (χ4v) is 3.98. The Morgan fingerprint density at radius 3 is 2.58 bits per heavy atom. The van der Waals surface area contributed by atoms with E-state index in [0.29, 0.717) is 11.4 Å². The van der Waals surface area contributed by atoms with Crippen molar-refractivity contribution < 1.29 is 14.0 Å². The lowest BCUT2D eigenvalue weighted by Gasteiger charge is -2.16. The first kappa shape index (κ1) is 18.8. The molecule has 0 aliphatic rings. The number of anilines is 1. The number of halogens is 2. The van der Waals surface area contributed by atoms with E-state index in [1.165, 1.54) is 52.3 Å². The Morgan fingerprint density at radius 2 is 1.96 bits per heavy atom. The third kappa shape index (κ3) is 6.14. The van der Waals surface area contributed by atoms with Crippen molar-refractivity contribution in [2.24, 2.45) is 0 Å². The molecule has 2 aromatic rings. The molecule has 4 nitrogen and oxygen atoms in total. The molecule has 24 heavy (non-hydrogen) atoms. The summed E-state index contributed by atoms with van der Waals surface area (Å²) < 4.78 is 13.5. The molecule has 0 saturated carbocycles. The van der Waals surface area contributed by atoms with Gasteiger partial charge in [-0.05, 0) is 36.4 Å². The maximum Gasteiger partial charge on any atom is 0.243 e. The molecule has 1 N–H and O–H groups in total. The predicted octanol–water partition coefficient (Wildman–Crippen LogP) is 3.87. The van der Waals surface area contributed by atoms with Gasteiger partial charge in [-0.15, -0.1) is 23.1 Å². The average molecular weight is 387 g/mol. The van der Waals surface area contributed by atoms with Crippen LogP contribution >= 0.6 is 34.7 Å². The second kappa shape index (κ2) is 9.05. The molecule has 0 radical (unpaired) electrons. The molecule has 8 heteroatoms. The lowest BCUT2D eigenvalue weighted by Crippen LogP contribution is -2.35. The molecule has 128 valence electrons. The lowest BCUT2D eigenvalue weighted by molar-refractivity contribution is -0.131. The Morgan fingerprint density at radius 1 is 1.25 bits per heavy atom. The second-order valence-corrected chi connectivity index (χ2v) is 7.79. The number of nitrogens with one attached hydrogen (secondary N) is 1. The van der Waals surface area contributed by atoms with E-state index in [9.17, 15) is 14.0 Å². The molecule has 1 heterocycles. The Hall–Kier alpha value is -1.57. The number of hydrogen-bond acceptors (Lipinski definition) is 4. The molecule has 2 rings (SSSR count). The smallest absolute Gasteiger partial charge is 0.243 e. The quantitative estimate of drug-likeness (QED) is 0.785. The zero-order chi connectivity index (χ0) is 17.5. The number of thiophene rings is 1. The van der Waals surface area contributed by atoms with Crippen molar-refractivity contribution in [2.45, 2.75) is 5.75 Å². The van der Waals surface area contributed by atoms with E-state index in [4.69, 9.17) is 11.6 Å². The number of hydrogen-bond donors (Lipinski definition) is 1. The van der Waals surface area contributed by atoms with Crippen molar-refractivity contribution in [1.29, 1.82) is 0 Å². The number of benzene rings is 1. The van der Waals surface area contributed by atoms with Gasteiger partial charge in [0.05, 0.1) is 16.6 Å². The summed E-state index contributed by atoms with van der Waals surface area (Å²) in [6.07, 6.45) is 0. The van der Waals surface area contributed by atoms with Crippen LogP contribution in [0.5, 0.6) is 0 Å². The summed E-state index contributed by atoms with van der Waals surface area (Å²) in [4.78, 5) is 26.4. The van der Waals surface area contributed by atoms with E-state index < -0.39 is 0 Å². The zero-order valence-corrected chi connectivity index (χ0v) is 15.3. The maximum atomic E-state index is 12.8. The van der Waals surface area contributed by atoms with Gasteiger partial charge in [0.2, 0.25) is 11.8 Å². The van der Waals surface area contributed by atoms with Crippen LogP contribution in [-0.4, -0.2) is 36.1 Å². The minimum Gasteiger partial charge on any atom is -0.336 e. The first-order valence-corrected chi connectivity index (χ1v) is 9.40. The summed E-state index contributed by atoms with van der Waals surface area (Å²) in [6.45, 7) is -0.0540. The average Bonchev–Trinajstić information content (AvgIpc) is 2.94. The molecular weight excluding hydrogens is 371 g/mol. The summed E-state index contributed by atoms with van der Waals surface area (Å²) >= 11 is 8.82. The van der Waals surface area contributed by atoms with Gasteiger partial charge in [0.15, 0.2) is 0 Å². The van der Waals surface area contributed by atoms with Crippen molar-refractivity contribution in [1.82, 2.24) is 4.90 Å². The molecule has 1 aromatic carbocycles. The standard InChI is InChI=1S/C16H16ClFN2O2S2/c1-20(8-15(21)19-12-4-2-11(18)3-5-12)16(22)10-23-9-13-6-7-14(17)24-13/h2-7H,8-10H2,1H3,(H,19,21). The van der Waals surface area contributed by atoms with Crippen molar-refractivity contribution in [3.8, 4) is 0 Å². The number of rotatable bonds is 7. The molecule has 0 atom stereocenters. The van der Waals surface area contributed by atoms with E-state index >= 15 is 0 Å². The molecule has 0 bridgehead atoms. The van der Waals surface area contributed by atoms with Gasteiger partial charge in [-0.1, -0.05) is 11.6 Å². The van der Waals surface area contributed by atoms with Gasteiger partial charge >= 0.3 is 0 Å². The summed E-state index contributed by atoms with van der Waals surface area (Å²) in [5.41, 5.74) is 0.492. The number of carbonyl (C=O) groups excluding carboxylic acids is 2. The topological polar surface area (TPSA) is 49.4 Å². The molecular formula is C16H16ClFN2O2S2. The normalized spacial score (nSPS) is 10.5. The first-order chi connectivity index (χ1) is 11.4. The van der Waals surface area contributed by atoms with Crippen molar-refractivity contribution in [3.63, 3.8) is 0 Å². The van der Waals surface area contributed by atoms with Crippen molar-refractivity contribution >= 4 is 52.2 Å². The van der Waals surface area contributed by atoms with E-state index in [2.05, 4.69) is 5.32 Å². The second-order valence-electron chi connectivity index (χ2n) is 5.00. The highest BCUT2D eigenvalue weighted by molar-refractivity contribution is 7.99. The van der Waals surface area contributed by atoms with Crippen LogP contribution in [0.25, 0.3) is 0 Å². The van der Waals surface area contributed by atoms with E-state index in [0.717, 1.165) is 9.21 Å². The summed E-state index contributed by atoms with van der Waals surface area (Å²) in [6, 6.07) is 9.23. The largest absolute Gasteiger partial charge is 0.336 e. The first-order valence-electron chi connectivity index (χ1n) is 7.05. The van der Waals surface area contributed by atoms with Gasteiger partial charge < -0.3 is 10.2 Å². The van der Waals surface area contributed by atoms with E-state index in [-0.39, 0.29) is 29.9 Å².